The van der Waals surface area contributed by atoms with E-state index in [0.29, 0.717) is 22.8 Å². The first-order chi connectivity index (χ1) is 14.3. The van der Waals surface area contributed by atoms with Crippen LogP contribution in [0.4, 0.5) is 13.2 Å². The Bertz CT molecular complexity index is 933. The van der Waals surface area contributed by atoms with Crippen molar-refractivity contribution in [3.05, 3.63) is 65.2 Å². The molecule has 0 radical (unpaired) electrons. The predicted molar refractivity (Wildman–Crippen MR) is 107 cm³/mol. The molecule has 2 aromatic carbocycles. The van der Waals surface area contributed by atoms with Gasteiger partial charge in [-0.25, -0.2) is 4.79 Å². The fourth-order valence-corrected chi connectivity index (χ4v) is 2.59. The van der Waals surface area contributed by atoms with E-state index in [9.17, 15) is 18.0 Å². The minimum Gasteiger partial charge on any atom is -0.496 e. The van der Waals surface area contributed by atoms with Gasteiger partial charge in [-0.2, -0.15) is 13.2 Å². The molecule has 5 nitrogen and oxygen atoms in total. The van der Waals surface area contributed by atoms with Gasteiger partial charge in [0, 0.05) is 17.7 Å². The number of carbonyl (C=O) groups is 1. The molecule has 0 saturated heterocycles. The van der Waals surface area contributed by atoms with Crippen LogP contribution in [0.3, 0.4) is 0 Å². The van der Waals surface area contributed by atoms with Crippen LogP contribution in [0.2, 0.25) is 0 Å². The molecule has 2 rings (SSSR count). The molecule has 0 unspecified atom stereocenters. The molecule has 2 aromatic rings. The second kappa shape index (κ2) is 10.4. The van der Waals surface area contributed by atoms with E-state index in [4.69, 9.17) is 18.9 Å². The van der Waals surface area contributed by atoms with Crippen LogP contribution in [0.1, 0.15) is 16.7 Å². The molecule has 0 atom stereocenters. The molecule has 0 saturated carbocycles. The topological polar surface area (TPSA) is 54.0 Å². The summed E-state index contributed by atoms with van der Waals surface area (Å²) >= 11 is 0. The van der Waals surface area contributed by atoms with Crippen LogP contribution in [0.5, 0.6) is 17.2 Å². The van der Waals surface area contributed by atoms with Crippen molar-refractivity contribution >= 4 is 18.1 Å². The maximum Gasteiger partial charge on any atom is 0.416 e. The average Bonchev–Trinajstić information content (AvgIpc) is 2.74. The van der Waals surface area contributed by atoms with Crippen molar-refractivity contribution in [1.29, 1.82) is 0 Å². The van der Waals surface area contributed by atoms with Gasteiger partial charge in [-0.05, 0) is 29.8 Å². The van der Waals surface area contributed by atoms with E-state index in [1.54, 1.807) is 24.3 Å². The van der Waals surface area contributed by atoms with Crippen molar-refractivity contribution in [1.82, 2.24) is 0 Å². The van der Waals surface area contributed by atoms with Crippen LogP contribution in [0.15, 0.2) is 48.6 Å². The fraction of sp³-hybridized carbons (Fsp3) is 0.227. The largest absolute Gasteiger partial charge is 0.496 e. The van der Waals surface area contributed by atoms with Crippen LogP contribution < -0.4 is 14.2 Å². The van der Waals surface area contributed by atoms with E-state index < -0.39 is 17.7 Å². The minimum absolute atomic E-state index is 0.0818. The number of halogens is 3. The summed E-state index contributed by atoms with van der Waals surface area (Å²) in [6, 6.07) is 8.32. The van der Waals surface area contributed by atoms with E-state index in [0.717, 1.165) is 18.2 Å². The summed E-state index contributed by atoms with van der Waals surface area (Å²) in [4.78, 5) is 11.8. The van der Waals surface area contributed by atoms with E-state index in [1.165, 1.54) is 39.5 Å². The van der Waals surface area contributed by atoms with E-state index in [2.05, 4.69) is 0 Å². The van der Waals surface area contributed by atoms with Gasteiger partial charge in [0.05, 0.1) is 26.9 Å². The van der Waals surface area contributed by atoms with Gasteiger partial charge in [0.1, 0.15) is 12.4 Å². The average molecular weight is 422 g/mol. The standard InChI is InChI=1S/C22H21F3O5/c1-27-18-14-20(29-3)19(28-2)13-16(18)8-6-12-30-21(26)11-10-15-7-4-5-9-17(15)22(23,24)25/h4-11,13-14H,12H2,1-3H3/b8-6+,11-10+. The van der Waals surface area contributed by atoms with E-state index in [1.807, 2.05) is 0 Å². The van der Waals surface area contributed by atoms with Crippen molar-refractivity contribution in [3.63, 3.8) is 0 Å². The summed E-state index contributed by atoms with van der Waals surface area (Å²) in [6.07, 6.45) is 0.754. The molecule has 0 amide bonds. The number of benzene rings is 2. The highest BCUT2D eigenvalue weighted by Gasteiger charge is 2.32. The molecular formula is C22H21F3O5. The monoisotopic (exact) mass is 422 g/mol. The Morgan fingerprint density at radius 3 is 2.17 bits per heavy atom. The van der Waals surface area contributed by atoms with Gasteiger partial charge in [0.25, 0.3) is 0 Å². The summed E-state index contributed by atoms with van der Waals surface area (Å²) in [5, 5.41) is 0. The Balaban J connectivity index is 2.02. The number of ether oxygens (including phenoxy) is 4. The van der Waals surface area contributed by atoms with Crippen molar-refractivity contribution < 1.29 is 36.9 Å². The second-order valence-electron chi connectivity index (χ2n) is 5.90. The quantitative estimate of drug-likeness (QED) is 0.443. The van der Waals surface area contributed by atoms with Gasteiger partial charge in [-0.1, -0.05) is 24.3 Å². The maximum atomic E-state index is 13.0. The normalized spacial score (nSPS) is 11.7. The number of alkyl halides is 3. The fourth-order valence-electron chi connectivity index (χ4n) is 2.59. The van der Waals surface area contributed by atoms with E-state index >= 15 is 0 Å². The van der Waals surface area contributed by atoms with Crippen molar-refractivity contribution in [2.45, 2.75) is 6.18 Å². The maximum absolute atomic E-state index is 13.0. The zero-order chi connectivity index (χ0) is 22.1. The van der Waals surface area contributed by atoms with Gasteiger partial charge in [-0.15, -0.1) is 0 Å². The van der Waals surface area contributed by atoms with E-state index in [-0.39, 0.29) is 12.2 Å². The van der Waals surface area contributed by atoms with Gasteiger partial charge in [0.15, 0.2) is 11.5 Å². The second-order valence-corrected chi connectivity index (χ2v) is 5.90. The van der Waals surface area contributed by atoms with Gasteiger partial charge >= 0.3 is 12.1 Å². The molecule has 0 aliphatic heterocycles. The first kappa shape index (κ1) is 22.9. The molecule has 0 N–H and O–H groups in total. The molecule has 8 heteroatoms. The lowest BCUT2D eigenvalue weighted by Crippen LogP contribution is -2.07. The summed E-state index contributed by atoms with van der Waals surface area (Å²) in [6.45, 7) is -0.0818. The molecule has 160 valence electrons. The summed E-state index contributed by atoms with van der Waals surface area (Å²) < 4.78 is 59.6. The van der Waals surface area contributed by atoms with Gasteiger partial charge in [-0.3, -0.25) is 0 Å². The Kier molecular flexibility index (Phi) is 7.91. The smallest absolute Gasteiger partial charge is 0.416 e. The Morgan fingerprint density at radius 1 is 0.900 bits per heavy atom. The Morgan fingerprint density at radius 2 is 1.53 bits per heavy atom. The predicted octanol–water partition coefficient (Wildman–Crippen LogP) is 5.00. The number of esters is 1. The minimum atomic E-state index is -4.51. The molecule has 0 spiro atoms. The van der Waals surface area contributed by atoms with Crippen molar-refractivity contribution in [2.24, 2.45) is 0 Å². The van der Waals surface area contributed by atoms with Gasteiger partial charge < -0.3 is 18.9 Å². The molecular weight excluding hydrogens is 401 g/mol. The number of hydrogen-bond donors (Lipinski definition) is 0. The zero-order valence-electron chi connectivity index (χ0n) is 16.7. The number of carbonyl (C=O) groups excluding carboxylic acids is 1. The van der Waals surface area contributed by atoms with Crippen LogP contribution in [0.25, 0.3) is 12.2 Å². The number of methoxy groups -OCH3 is 3. The van der Waals surface area contributed by atoms with Gasteiger partial charge in [0.2, 0.25) is 0 Å². The van der Waals surface area contributed by atoms with Crippen LogP contribution in [-0.4, -0.2) is 33.9 Å². The van der Waals surface area contributed by atoms with Crippen LogP contribution in [-0.2, 0) is 15.7 Å². The SMILES string of the molecule is COc1cc(OC)c(OC)cc1/C=C/COC(=O)/C=C/c1ccccc1C(F)(F)F. The highest BCUT2D eigenvalue weighted by molar-refractivity contribution is 5.87. The first-order valence-corrected chi connectivity index (χ1v) is 8.77. The lowest BCUT2D eigenvalue weighted by Gasteiger charge is -2.12. The Labute approximate surface area is 172 Å². The first-order valence-electron chi connectivity index (χ1n) is 8.77. The molecule has 0 heterocycles. The molecule has 0 fully saturated rings. The highest BCUT2D eigenvalue weighted by atomic mass is 19.4. The molecule has 30 heavy (non-hydrogen) atoms. The third-order valence-corrected chi connectivity index (χ3v) is 4.02. The summed E-state index contributed by atoms with van der Waals surface area (Å²) in [5.74, 6) is 0.762. The number of rotatable bonds is 8. The van der Waals surface area contributed by atoms with Crippen molar-refractivity contribution in [3.8, 4) is 17.2 Å². The molecule has 0 aliphatic carbocycles. The third-order valence-electron chi connectivity index (χ3n) is 4.02. The zero-order valence-corrected chi connectivity index (χ0v) is 16.7. The third kappa shape index (κ3) is 6.04. The lowest BCUT2D eigenvalue weighted by molar-refractivity contribution is -0.138. The van der Waals surface area contributed by atoms with Crippen LogP contribution >= 0.6 is 0 Å². The molecule has 0 bridgehead atoms. The molecule has 0 aromatic heterocycles. The van der Waals surface area contributed by atoms with Crippen LogP contribution in [0, 0.1) is 0 Å². The number of hydrogen-bond acceptors (Lipinski definition) is 5. The van der Waals surface area contributed by atoms with Crippen molar-refractivity contribution in [2.75, 3.05) is 27.9 Å². The molecule has 0 aliphatic rings. The Hall–Kier alpha value is -3.42. The highest BCUT2D eigenvalue weighted by Crippen LogP contribution is 2.35. The summed E-state index contributed by atoms with van der Waals surface area (Å²) in [7, 11) is 4.51. The lowest BCUT2D eigenvalue weighted by atomic mass is 10.1. The summed E-state index contributed by atoms with van der Waals surface area (Å²) in [5.41, 5.74) is -0.275.